The molecule has 2 heterocycles. The van der Waals surface area contributed by atoms with E-state index in [0.717, 1.165) is 22.6 Å². The molecule has 3 aromatic rings. The largest absolute Gasteiger partial charge is 0.489 e. The van der Waals surface area contributed by atoms with Crippen molar-refractivity contribution < 1.29 is 8.92 Å². The number of imidazole rings is 1. The predicted octanol–water partition coefficient (Wildman–Crippen LogP) is 3.55. The second kappa shape index (κ2) is 7.85. The Balaban J connectivity index is 1.53. The van der Waals surface area contributed by atoms with Crippen LogP contribution in [0.4, 0.5) is 0 Å². The molecule has 0 aliphatic rings. The van der Waals surface area contributed by atoms with Gasteiger partial charge in [0.25, 0.3) is 0 Å². The third-order valence-corrected chi connectivity index (χ3v) is 3.68. The van der Waals surface area contributed by atoms with Crippen LogP contribution in [0.2, 0.25) is 0 Å². The fourth-order valence-electron chi connectivity index (χ4n) is 1.97. The number of aromatic nitrogens is 3. The zero-order chi connectivity index (χ0) is 16.8. The molecule has 0 radical (unpaired) electrons. The van der Waals surface area contributed by atoms with Gasteiger partial charge in [0.2, 0.25) is 5.88 Å². The lowest BCUT2D eigenvalue weighted by molar-refractivity contribution is 0.305. The first kappa shape index (κ1) is 16.4. The number of hydrogen-bond donors (Lipinski definition) is 1. The van der Waals surface area contributed by atoms with E-state index in [9.17, 15) is 0 Å². The number of hydrogen-bond acceptors (Lipinski definition) is 6. The van der Waals surface area contributed by atoms with Crippen molar-refractivity contribution in [2.75, 3.05) is 14.1 Å². The van der Waals surface area contributed by atoms with Crippen LogP contribution < -0.4 is 8.92 Å². The molecule has 2 aromatic heterocycles. The lowest BCUT2D eigenvalue weighted by Gasteiger charge is -2.09. The van der Waals surface area contributed by atoms with Gasteiger partial charge in [0.05, 0.1) is 18.2 Å². The van der Waals surface area contributed by atoms with Crippen LogP contribution in [-0.4, -0.2) is 33.4 Å². The van der Waals surface area contributed by atoms with Gasteiger partial charge in [-0.15, -0.1) is 0 Å². The van der Waals surface area contributed by atoms with Crippen molar-refractivity contribution in [2.24, 2.45) is 0 Å². The van der Waals surface area contributed by atoms with E-state index in [1.807, 2.05) is 54.8 Å². The van der Waals surface area contributed by atoms with Gasteiger partial charge in [-0.25, -0.2) is 14.3 Å². The van der Waals surface area contributed by atoms with E-state index in [2.05, 4.69) is 15.0 Å². The Labute approximate surface area is 145 Å². The van der Waals surface area contributed by atoms with Gasteiger partial charge in [-0.3, -0.25) is 0 Å². The number of rotatable bonds is 7. The maximum absolute atomic E-state index is 5.78. The first-order chi connectivity index (χ1) is 11.7. The molecule has 124 valence electrons. The number of aromatic amines is 1. The molecule has 0 spiro atoms. The molecule has 0 saturated heterocycles. The maximum atomic E-state index is 5.78. The molecule has 6 nitrogen and oxygen atoms in total. The lowest BCUT2D eigenvalue weighted by atomic mass is 10.2. The summed E-state index contributed by atoms with van der Waals surface area (Å²) in [4.78, 5) is 11.3. The average molecular weight is 342 g/mol. The molecular formula is C17H18N4O2S. The minimum atomic E-state index is 0.456. The molecule has 1 N–H and O–H groups in total. The molecule has 0 aliphatic carbocycles. The highest BCUT2D eigenvalue weighted by Gasteiger charge is 2.02. The number of H-pyrrole nitrogens is 1. The molecule has 0 fully saturated rings. The summed E-state index contributed by atoms with van der Waals surface area (Å²) in [5.74, 6) is 1.38. The van der Waals surface area contributed by atoms with Gasteiger partial charge in [0.1, 0.15) is 24.6 Å². The molecule has 0 bridgehead atoms. The van der Waals surface area contributed by atoms with Crippen LogP contribution >= 0.6 is 12.2 Å². The summed E-state index contributed by atoms with van der Waals surface area (Å²) in [6.07, 6.45) is 5.21. The van der Waals surface area contributed by atoms with Gasteiger partial charge >= 0.3 is 0 Å². The first-order valence-corrected chi connectivity index (χ1v) is 8.09. The summed E-state index contributed by atoms with van der Waals surface area (Å²) in [6.45, 7) is 0.456. The number of pyridine rings is 1. The summed E-state index contributed by atoms with van der Waals surface area (Å²) in [5, 5.41) is 0. The van der Waals surface area contributed by atoms with E-state index >= 15 is 0 Å². The third-order valence-electron chi connectivity index (χ3n) is 3.14. The van der Waals surface area contributed by atoms with Crippen LogP contribution in [0.3, 0.4) is 0 Å². The summed E-state index contributed by atoms with van der Waals surface area (Å²) in [5.41, 5.74) is 3.04. The van der Waals surface area contributed by atoms with E-state index in [0.29, 0.717) is 12.5 Å². The molecule has 7 heteroatoms. The molecule has 3 rings (SSSR count). The number of benzene rings is 1. The van der Waals surface area contributed by atoms with E-state index in [1.165, 1.54) is 12.2 Å². The standard InChI is InChI=1S/C17H18N4O2S/c1-21(2)24-23-17-8-3-13(9-19-17)11-22-15-6-4-14(5-7-15)16-10-18-12-20-16/h3-10,12H,11H2,1-2H3,(H,18,20). The SMILES string of the molecule is CN(C)SOc1ccc(COc2ccc(-c3cnc[nH]3)cc2)cn1. The Kier molecular flexibility index (Phi) is 5.35. The quantitative estimate of drug-likeness (QED) is 0.523. The summed E-state index contributed by atoms with van der Waals surface area (Å²) in [6, 6.07) is 11.6. The van der Waals surface area contributed by atoms with Crippen LogP contribution in [0, 0.1) is 0 Å². The van der Waals surface area contributed by atoms with Crippen molar-refractivity contribution in [3.8, 4) is 22.9 Å². The Morgan fingerprint density at radius 3 is 2.54 bits per heavy atom. The molecule has 1 aromatic carbocycles. The highest BCUT2D eigenvalue weighted by Crippen LogP contribution is 2.21. The molecule has 24 heavy (non-hydrogen) atoms. The highest BCUT2D eigenvalue weighted by atomic mass is 32.2. The number of nitrogens with zero attached hydrogens (tertiary/aromatic N) is 3. The zero-order valence-corrected chi connectivity index (χ0v) is 14.3. The second-order valence-electron chi connectivity index (χ2n) is 5.25. The van der Waals surface area contributed by atoms with Crippen LogP contribution in [0.15, 0.2) is 55.1 Å². The third kappa shape index (κ3) is 4.50. The topological polar surface area (TPSA) is 63.3 Å². The van der Waals surface area contributed by atoms with Crippen LogP contribution in [0.25, 0.3) is 11.3 Å². The van der Waals surface area contributed by atoms with E-state index in [1.54, 1.807) is 18.7 Å². The fourth-order valence-corrected chi connectivity index (χ4v) is 2.29. The minimum absolute atomic E-state index is 0.456. The fraction of sp³-hybridized carbons (Fsp3) is 0.176. The highest BCUT2D eigenvalue weighted by molar-refractivity contribution is 7.92. The molecule has 0 aliphatic heterocycles. The Hall–Kier alpha value is -2.51. The molecule has 0 atom stereocenters. The van der Waals surface area contributed by atoms with E-state index in [4.69, 9.17) is 8.92 Å². The van der Waals surface area contributed by atoms with E-state index < -0.39 is 0 Å². The normalized spacial score (nSPS) is 10.8. The first-order valence-electron chi connectivity index (χ1n) is 7.39. The van der Waals surface area contributed by atoms with Crippen LogP contribution in [0.1, 0.15) is 5.56 Å². The van der Waals surface area contributed by atoms with Crippen molar-refractivity contribution >= 4 is 12.2 Å². The number of nitrogens with one attached hydrogen (secondary N) is 1. The van der Waals surface area contributed by atoms with Gasteiger partial charge in [-0.2, -0.15) is 0 Å². The predicted molar refractivity (Wildman–Crippen MR) is 94.5 cm³/mol. The van der Waals surface area contributed by atoms with Crippen molar-refractivity contribution in [3.05, 3.63) is 60.7 Å². The summed E-state index contributed by atoms with van der Waals surface area (Å²) >= 11 is 1.23. The van der Waals surface area contributed by atoms with Crippen molar-refractivity contribution in [2.45, 2.75) is 6.61 Å². The Morgan fingerprint density at radius 2 is 1.92 bits per heavy atom. The van der Waals surface area contributed by atoms with Crippen molar-refractivity contribution in [3.63, 3.8) is 0 Å². The minimum Gasteiger partial charge on any atom is -0.489 e. The monoisotopic (exact) mass is 342 g/mol. The molecular weight excluding hydrogens is 324 g/mol. The van der Waals surface area contributed by atoms with Crippen LogP contribution in [-0.2, 0) is 6.61 Å². The Bertz CT molecular complexity index is 743. The Morgan fingerprint density at radius 1 is 1.08 bits per heavy atom. The molecule has 0 unspecified atom stereocenters. The lowest BCUT2D eigenvalue weighted by Crippen LogP contribution is -2.03. The van der Waals surface area contributed by atoms with Crippen LogP contribution in [0.5, 0.6) is 11.6 Å². The van der Waals surface area contributed by atoms with Gasteiger partial charge in [-0.05, 0) is 35.9 Å². The smallest absolute Gasteiger partial charge is 0.229 e. The molecule has 0 saturated carbocycles. The summed E-state index contributed by atoms with van der Waals surface area (Å²) < 4.78 is 13.1. The van der Waals surface area contributed by atoms with Gasteiger partial charge in [0, 0.05) is 31.9 Å². The van der Waals surface area contributed by atoms with Gasteiger partial charge in [-0.1, -0.05) is 0 Å². The number of ether oxygens (including phenoxy) is 1. The zero-order valence-electron chi connectivity index (χ0n) is 13.5. The van der Waals surface area contributed by atoms with Crippen molar-refractivity contribution in [1.82, 2.24) is 19.3 Å². The van der Waals surface area contributed by atoms with Crippen molar-refractivity contribution in [1.29, 1.82) is 0 Å². The van der Waals surface area contributed by atoms with Gasteiger partial charge in [0.15, 0.2) is 0 Å². The van der Waals surface area contributed by atoms with E-state index in [-0.39, 0.29) is 0 Å². The summed E-state index contributed by atoms with van der Waals surface area (Å²) in [7, 11) is 3.81. The maximum Gasteiger partial charge on any atom is 0.229 e. The molecule has 0 amide bonds. The average Bonchev–Trinajstić information content (AvgIpc) is 3.14. The van der Waals surface area contributed by atoms with Gasteiger partial charge < -0.3 is 13.9 Å². The second-order valence-corrected chi connectivity index (χ2v) is 6.30.